The molecule has 1 saturated carbocycles. The van der Waals surface area contributed by atoms with E-state index in [1.54, 1.807) is 11.8 Å². The third kappa shape index (κ3) is 2.49. The molecule has 2 fully saturated rings. The van der Waals surface area contributed by atoms with Crippen LogP contribution in [0, 0.1) is 5.41 Å². The Morgan fingerprint density at radius 3 is 2.55 bits per heavy atom. The van der Waals surface area contributed by atoms with E-state index >= 15 is 0 Å². The Hall–Kier alpha value is -1.29. The molecule has 4 heteroatoms. The second-order valence-electron chi connectivity index (χ2n) is 5.83. The number of carbonyl (C=O) groups excluding carboxylic acids is 1. The van der Waals surface area contributed by atoms with Gasteiger partial charge in [-0.1, -0.05) is 0 Å². The molecule has 106 valence electrons. The standard InChI is InChI=1S/C16H20N2OS/c1-17-15(19)13-4-3-12(20-2)11-14(13)18-9-7-16(5-6-16)8-10-18/h3-4,11H,1,5-10H2,2H3. The number of amides is 1. The van der Waals surface area contributed by atoms with Gasteiger partial charge in [-0.05, 0) is 62.3 Å². The van der Waals surface area contributed by atoms with E-state index < -0.39 is 0 Å². The van der Waals surface area contributed by atoms with Gasteiger partial charge in [-0.2, -0.15) is 0 Å². The Kier molecular flexibility index (Phi) is 3.59. The number of hydrogen-bond donors (Lipinski definition) is 0. The third-order valence-electron chi connectivity index (χ3n) is 4.70. The number of nitrogens with zero attached hydrogens (tertiary/aromatic N) is 2. The predicted molar refractivity (Wildman–Crippen MR) is 85.2 cm³/mol. The van der Waals surface area contributed by atoms with E-state index in [0.29, 0.717) is 11.0 Å². The first-order valence-corrected chi connectivity index (χ1v) is 8.34. The molecule has 0 aromatic heterocycles. The summed E-state index contributed by atoms with van der Waals surface area (Å²) in [6.07, 6.45) is 7.36. The van der Waals surface area contributed by atoms with Gasteiger partial charge in [0.1, 0.15) is 0 Å². The van der Waals surface area contributed by atoms with Crippen molar-refractivity contribution in [2.24, 2.45) is 10.4 Å². The summed E-state index contributed by atoms with van der Waals surface area (Å²) in [6.45, 7) is 5.48. The summed E-state index contributed by atoms with van der Waals surface area (Å²) in [4.78, 5) is 19.1. The van der Waals surface area contributed by atoms with E-state index in [1.165, 1.54) is 30.6 Å². The fraction of sp³-hybridized carbons (Fsp3) is 0.500. The molecule has 2 aliphatic rings. The lowest BCUT2D eigenvalue weighted by Crippen LogP contribution is -2.35. The van der Waals surface area contributed by atoms with Crippen molar-refractivity contribution >= 4 is 30.1 Å². The summed E-state index contributed by atoms with van der Waals surface area (Å²) in [5.74, 6) is -0.223. The van der Waals surface area contributed by atoms with E-state index in [1.807, 2.05) is 12.1 Å². The van der Waals surface area contributed by atoms with Crippen molar-refractivity contribution in [2.45, 2.75) is 30.6 Å². The molecule has 1 amide bonds. The van der Waals surface area contributed by atoms with Crippen LogP contribution in [0.15, 0.2) is 28.1 Å². The van der Waals surface area contributed by atoms with Crippen LogP contribution in [0.5, 0.6) is 0 Å². The van der Waals surface area contributed by atoms with E-state index in [4.69, 9.17) is 0 Å². The zero-order valence-electron chi connectivity index (χ0n) is 11.9. The molecule has 1 aliphatic heterocycles. The number of thioether (sulfide) groups is 1. The first-order valence-electron chi connectivity index (χ1n) is 7.11. The Labute approximate surface area is 124 Å². The minimum Gasteiger partial charge on any atom is -0.371 e. The number of anilines is 1. The molecule has 0 radical (unpaired) electrons. The van der Waals surface area contributed by atoms with Crippen LogP contribution in [-0.2, 0) is 0 Å². The van der Waals surface area contributed by atoms with Crippen LogP contribution in [0.2, 0.25) is 0 Å². The van der Waals surface area contributed by atoms with Gasteiger partial charge < -0.3 is 4.90 Å². The summed E-state index contributed by atoms with van der Waals surface area (Å²) < 4.78 is 0. The SMILES string of the molecule is C=NC(=O)c1ccc(SC)cc1N1CCC2(CC1)CC2. The lowest BCUT2D eigenvalue weighted by molar-refractivity contribution is 0.100. The third-order valence-corrected chi connectivity index (χ3v) is 5.43. The fourth-order valence-corrected chi connectivity index (χ4v) is 3.50. The predicted octanol–water partition coefficient (Wildman–Crippen LogP) is 3.63. The van der Waals surface area contributed by atoms with Crippen molar-refractivity contribution in [2.75, 3.05) is 24.2 Å². The van der Waals surface area contributed by atoms with Crippen LogP contribution in [0.1, 0.15) is 36.0 Å². The molecule has 0 atom stereocenters. The quantitative estimate of drug-likeness (QED) is 0.629. The largest absolute Gasteiger partial charge is 0.371 e. The van der Waals surface area contributed by atoms with Crippen molar-refractivity contribution in [1.82, 2.24) is 0 Å². The summed E-state index contributed by atoms with van der Waals surface area (Å²) in [6, 6.07) is 5.99. The van der Waals surface area contributed by atoms with E-state index in [2.05, 4.69) is 28.9 Å². The van der Waals surface area contributed by atoms with Crippen LogP contribution in [0.4, 0.5) is 5.69 Å². The topological polar surface area (TPSA) is 32.7 Å². The van der Waals surface area contributed by atoms with Gasteiger partial charge in [-0.15, -0.1) is 11.8 Å². The zero-order valence-corrected chi connectivity index (χ0v) is 12.7. The molecule has 20 heavy (non-hydrogen) atoms. The summed E-state index contributed by atoms with van der Waals surface area (Å²) >= 11 is 1.70. The van der Waals surface area contributed by atoms with Crippen LogP contribution < -0.4 is 4.90 Å². The van der Waals surface area contributed by atoms with Gasteiger partial charge in [0, 0.05) is 18.0 Å². The van der Waals surface area contributed by atoms with Crippen LogP contribution in [0.3, 0.4) is 0 Å². The molecule has 1 aromatic carbocycles. The molecule has 3 rings (SSSR count). The average molecular weight is 288 g/mol. The fourth-order valence-electron chi connectivity index (χ4n) is 3.06. The van der Waals surface area contributed by atoms with Crippen LogP contribution in [0.25, 0.3) is 0 Å². The zero-order chi connectivity index (χ0) is 14.2. The first-order chi connectivity index (χ1) is 9.67. The molecule has 0 bridgehead atoms. The summed E-state index contributed by atoms with van der Waals surface area (Å²) in [7, 11) is 0. The maximum atomic E-state index is 12.0. The maximum Gasteiger partial charge on any atom is 0.278 e. The van der Waals surface area contributed by atoms with Gasteiger partial charge in [0.2, 0.25) is 0 Å². The van der Waals surface area contributed by atoms with Gasteiger partial charge in [-0.3, -0.25) is 4.79 Å². The molecule has 1 aromatic rings. The highest BCUT2D eigenvalue weighted by molar-refractivity contribution is 7.98. The Bertz CT molecular complexity index is 541. The Morgan fingerprint density at radius 2 is 2.00 bits per heavy atom. The van der Waals surface area contributed by atoms with E-state index in [-0.39, 0.29) is 5.91 Å². The second kappa shape index (κ2) is 5.24. The Balaban J connectivity index is 1.89. The minimum atomic E-state index is -0.223. The minimum absolute atomic E-state index is 0.223. The van der Waals surface area contributed by atoms with Crippen LogP contribution in [-0.4, -0.2) is 32.0 Å². The highest BCUT2D eigenvalue weighted by Crippen LogP contribution is 2.54. The first kappa shape index (κ1) is 13.7. The number of carbonyl (C=O) groups is 1. The smallest absolute Gasteiger partial charge is 0.278 e. The van der Waals surface area contributed by atoms with E-state index in [9.17, 15) is 4.79 Å². The summed E-state index contributed by atoms with van der Waals surface area (Å²) in [5, 5.41) is 0. The van der Waals surface area contributed by atoms with Crippen molar-refractivity contribution in [3.8, 4) is 0 Å². The molecule has 1 saturated heterocycles. The van der Waals surface area contributed by atoms with Crippen molar-refractivity contribution < 1.29 is 4.79 Å². The van der Waals surface area contributed by atoms with Gasteiger partial charge >= 0.3 is 0 Å². The summed E-state index contributed by atoms with van der Waals surface area (Å²) in [5.41, 5.74) is 2.36. The number of aliphatic imine (C=N–C) groups is 1. The van der Waals surface area contributed by atoms with Gasteiger partial charge in [-0.25, -0.2) is 4.99 Å². The number of hydrogen-bond acceptors (Lipinski definition) is 3. The molecular formula is C16H20N2OS. The molecular weight excluding hydrogens is 268 g/mol. The molecule has 1 heterocycles. The normalized spacial score (nSPS) is 19.9. The number of piperidine rings is 1. The van der Waals surface area contributed by atoms with Crippen molar-refractivity contribution in [3.05, 3.63) is 23.8 Å². The number of benzene rings is 1. The molecule has 1 aliphatic carbocycles. The van der Waals surface area contributed by atoms with Crippen molar-refractivity contribution in [1.29, 1.82) is 0 Å². The van der Waals surface area contributed by atoms with Gasteiger partial charge in [0.25, 0.3) is 5.91 Å². The average Bonchev–Trinajstić information content (AvgIpc) is 3.26. The van der Waals surface area contributed by atoms with Crippen molar-refractivity contribution in [3.63, 3.8) is 0 Å². The molecule has 1 spiro atoms. The Morgan fingerprint density at radius 1 is 1.30 bits per heavy atom. The lowest BCUT2D eigenvalue weighted by atomic mass is 9.93. The highest BCUT2D eigenvalue weighted by atomic mass is 32.2. The second-order valence-corrected chi connectivity index (χ2v) is 6.71. The molecule has 0 unspecified atom stereocenters. The monoisotopic (exact) mass is 288 g/mol. The highest BCUT2D eigenvalue weighted by Gasteiger charge is 2.44. The maximum absolute atomic E-state index is 12.0. The van der Waals surface area contributed by atoms with Gasteiger partial charge in [0.05, 0.1) is 11.3 Å². The van der Waals surface area contributed by atoms with Crippen LogP contribution >= 0.6 is 11.8 Å². The van der Waals surface area contributed by atoms with E-state index in [0.717, 1.165) is 18.8 Å². The lowest BCUT2D eigenvalue weighted by Gasteiger charge is -2.34. The molecule has 0 N–H and O–H groups in total. The van der Waals surface area contributed by atoms with Gasteiger partial charge in [0.15, 0.2) is 0 Å². The molecule has 3 nitrogen and oxygen atoms in total. The number of rotatable bonds is 3.